The number of aromatic nitrogens is 3. The molecule has 6 heteroatoms. The molecular formula is C11H16N6. The number of nitrogens with one attached hydrogen (secondary N) is 2. The third kappa shape index (κ3) is 3.10. The molecule has 2 aromatic heterocycles. The maximum Gasteiger partial charge on any atom is 0.149 e. The number of rotatable bonds is 5. The number of nitrogens with two attached hydrogens (primary N) is 2. The Morgan fingerprint density at radius 2 is 2.18 bits per heavy atom. The number of aromatic amines is 1. The second-order valence-corrected chi connectivity index (χ2v) is 3.74. The van der Waals surface area contributed by atoms with Gasteiger partial charge in [-0.3, -0.25) is 0 Å². The fourth-order valence-electron chi connectivity index (χ4n) is 1.49. The predicted octanol–water partition coefficient (Wildman–Crippen LogP) is 1.01. The summed E-state index contributed by atoms with van der Waals surface area (Å²) in [7, 11) is 0. The molecule has 17 heavy (non-hydrogen) atoms. The van der Waals surface area contributed by atoms with Crippen LogP contribution in [0.25, 0.3) is 0 Å². The first-order chi connectivity index (χ1) is 8.25. The highest BCUT2D eigenvalue weighted by molar-refractivity contribution is 5.61. The van der Waals surface area contributed by atoms with Crippen molar-refractivity contribution in [2.75, 3.05) is 23.3 Å². The summed E-state index contributed by atoms with van der Waals surface area (Å²) in [6.07, 6.45) is 5.46. The zero-order chi connectivity index (χ0) is 12.1. The summed E-state index contributed by atoms with van der Waals surface area (Å²) in [5, 5.41) is 3.19. The second kappa shape index (κ2) is 5.20. The molecule has 0 aliphatic rings. The molecule has 2 aromatic rings. The number of nitrogen functional groups attached to an aromatic ring is 2. The number of aryl methyl sites for hydroxylation is 1. The molecule has 0 spiro atoms. The summed E-state index contributed by atoms with van der Waals surface area (Å²) >= 11 is 0. The maximum absolute atomic E-state index is 5.61. The van der Waals surface area contributed by atoms with E-state index < -0.39 is 0 Å². The third-order valence-corrected chi connectivity index (χ3v) is 2.41. The number of anilines is 3. The lowest BCUT2D eigenvalue weighted by atomic mass is 10.3. The molecule has 0 fully saturated rings. The molecule has 90 valence electrons. The quantitative estimate of drug-likeness (QED) is 0.576. The van der Waals surface area contributed by atoms with Gasteiger partial charge in [-0.1, -0.05) is 0 Å². The van der Waals surface area contributed by atoms with Gasteiger partial charge in [0.2, 0.25) is 0 Å². The van der Waals surface area contributed by atoms with E-state index in [-0.39, 0.29) is 0 Å². The van der Waals surface area contributed by atoms with Gasteiger partial charge in [0.15, 0.2) is 0 Å². The van der Waals surface area contributed by atoms with Crippen molar-refractivity contribution < 1.29 is 0 Å². The zero-order valence-electron chi connectivity index (χ0n) is 9.48. The van der Waals surface area contributed by atoms with Crippen molar-refractivity contribution in [1.82, 2.24) is 15.0 Å². The van der Waals surface area contributed by atoms with Gasteiger partial charge >= 0.3 is 0 Å². The summed E-state index contributed by atoms with van der Waals surface area (Å²) in [4.78, 5) is 11.3. The van der Waals surface area contributed by atoms with Gasteiger partial charge in [0, 0.05) is 25.4 Å². The van der Waals surface area contributed by atoms with Crippen molar-refractivity contribution in [2.24, 2.45) is 0 Å². The number of nitrogens with zero attached hydrogens (tertiary/aromatic N) is 2. The maximum atomic E-state index is 5.61. The van der Waals surface area contributed by atoms with Gasteiger partial charge in [0.25, 0.3) is 0 Å². The van der Waals surface area contributed by atoms with Crippen LogP contribution in [0.1, 0.15) is 12.2 Å². The van der Waals surface area contributed by atoms with Crippen LogP contribution in [0.5, 0.6) is 0 Å². The lowest BCUT2D eigenvalue weighted by Crippen LogP contribution is -2.07. The van der Waals surface area contributed by atoms with Crippen LogP contribution in [0.15, 0.2) is 24.5 Å². The average Bonchev–Trinajstić information content (AvgIpc) is 2.82. The highest BCUT2D eigenvalue weighted by Crippen LogP contribution is 2.14. The minimum atomic E-state index is 0.362. The zero-order valence-corrected chi connectivity index (χ0v) is 9.48. The molecule has 0 aromatic carbocycles. The Labute approximate surface area is 99.5 Å². The SMILES string of the molecule is Nc1ccc(NCCCc2ncc[nH]2)nc1N. The van der Waals surface area contributed by atoms with E-state index in [0.717, 1.165) is 31.0 Å². The topological polar surface area (TPSA) is 106 Å². The Balaban J connectivity index is 1.76. The number of hydrogen-bond donors (Lipinski definition) is 4. The normalized spacial score (nSPS) is 10.4. The van der Waals surface area contributed by atoms with Crippen LogP contribution in [0.4, 0.5) is 17.3 Å². The Morgan fingerprint density at radius 1 is 1.29 bits per heavy atom. The fraction of sp³-hybridized carbons (Fsp3) is 0.273. The van der Waals surface area contributed by atoms with Gasteiger partial charge in [0.1, 0.15) is 17.5 Å². The van der Waals surface area contributed by atoms with Crippen molar-refractivity contribution >= 4 is 17.3 Å². The number of imidazole rings is 1. The van der Waals surface area contributed by atoms with Crippen LogP contribution in [-0.2, 0) is 6.42 Å². The molecule has 0 bridgehead atoms. The molecule has 0 saturated carbocycles. The molecule has 0 amide bonds. The Bertz CT molecular complexity index is 465. The minimum absolute atomic E-state index is 0.362. The summed E-state index contributed by atoms with van der Waals surface area (Å²) < 4.78 is 0. The summed E-state index contributed by atoms with van der Waals surface area (Å²) in [6, 6.07) is 3.57. The van der Waals surface area contributed by atoms with Gasteiger partial charge in [-0.05, 0) is 18.6 Å². The van der Waals surface area contributed by atoms with Crippen molar-refractivity contribution in [3.05, 3.63) is 30.4 Å². The van der Waals surface area contributed by atoms with Crippen LogP contribution in [0.2, 0.25) is 0 Å². The lowest BCUT2D eigenvalue weighted by Gasteiger charge is -2.06. The van der Waals surface area contributed by atoms with E-state index >= 15 is 0 Å². The first kappa shape index (κ1) is 11.3. The first-order valence-electron chi connectivity index (χ1n) is 5.50. The molecule has 6 N–H and O–H groups in total. The van der Waals surface area contributed by atoms with Crippen molar-refractivity contribution in [1.29, 1.82) is 0 Å². The molecule has 0 radical (unpaired) electrons. The van der Waals surface area contributed by atoms with E-state index in [4.69, 9.17) is 11.5 Å². The predicted molar refractivity (Wildman–Crippen MR) is 68.5 cm³/mol. The van der Waals surface area contributed by atoms with Crippen LogP contribution < -0.4 is 16.8 Å². The molecule has 0 aliphatic heterocycles. The monoisotopic (exact) mass is 232 g/mol. The van der Waals surface area contributed by atoms with Crippen molar-refractivity contribution in [3.8, 4) is 0 Å². The third-order valence-electron chi connectivity index (χ3n) is 2.41. The lowest BCUT2D eigenvalue weighted by molar-refractivity contribution is 0.814. The van der Waals surface area contributed by atoms with Gasteiger partial charge in [-0.25, -0.2) is 9.97 Å². The molecule has 0 unspecified atom stereocenters. The average molecular weight is 232 g/mol. The van der Waals surface area contributed by atoms with E-state index in [0.29, 0.717) is 11.5 Å². The van der Waals surface area contributed by atoms with E-state index in [9.17, 15) is 0 Å². The molecular weight excluding hydrogens is 216 g/mol. The van der Waals surface area contributed by atoms with E-state index in [1.165, 1.54) is 0 Å². The molecule has 0 aliphatic carbocycles. The van der Waals surface area contributed by atoms with E-state index in [1.807, 2.05) is 12.3 Å². The Hall–Kier alpha value is -2.24. The largest absolute Gasteiger partial charge is 0.396 e. The van der Waals surface area contributed by atoms with Crippen LogP contribution in [-0.4, -0.2) is 21.5 Å². The summed E-state index contributed by atoms with van der Waals surface area (Å²) in [5.74, 6) is 2.11. The van der Waals surface area contributed by atoms with E-state index in [1.54, 1.807) is 12.3 Å². The standard InChI is InChI=1S/C11H16N6/c12-8-3-4-10(17-11(8)13)14-5-1-2-9-15-6-7-16-9/h3-4,6-7H,1-2,5,12H2,(H,15,16)(H3,13,14,17). The molecule has 2 rings (SSSR count). The van der Waals surface area contributed by atoms with Crippen LogP contribution in [0, 0.1) is 0 Å². The van der Waals surface area contributed by atoms with Gasteiger partial charge in [0.05, 0.1) is 5.69 Å². The smallest absolute Gasteiger partial charge is 0.149 e. The Morgan fingerprint density at radius 3 is 2.88 bits per heavy atom. The van der Waals surface area contributed by atoms with Gasteiger partial charge < -0.3 is 21.8 Å². The number of hydrogen-bond acceptors (Lipinski definition) is 5. The Kier molecular flexibility index (Phi) is 3.44. The van der Waals surface area contributed by atoms with Gasteiger partial charge in [-0.15, -0.1) is 0 Å². The highest BCUT2D eigenvalue weighted by Gasteiger charge is 1.99. The molecule has 6 nitrogen and oxygen atoms in total. The van der Waals surface area contributed by atoms with E-state index in [2.05, 4.69) is 20.3 Å². The molecule has 0 atom stereocenters. The van der Waals surface area contributed by atoms with Crippen LogP contribution in [0.3, 0.4) is 0 Å². The van der Waals surface area contributed by atoms with Gasteiger partial charge in [-0.2, -0.15) is 0 Å². The molecule has 0 saturated heterocycles. The minimum Gasteiger partial charge on any atom is -0.396 e. The molecule has 2 heterocycles. The highest BCUT2D eigenvalue weighted by atomic mass is 15.0. The van der Waals surface area contributed by atoms with Crippen molar-refractivity contribution in [2.45, 2.75) is 12.8 Å². The first-order valence-corrected chi connectivity index (χ1v) is 5.50. The fourth-order valence-corrected chi connectivity index (χ4v) is 1.49. The number of H-pyrrole nitrogens is 1. The van der Waals surface area contributed by atoms with Crippen molar-refractivity contribution in [3.63, 3.8) is 0 Å². The second-order valence-electron chi connectivity index (χ2n) is 3.74. The summed E-state index contributed by atoms with van der Waals surface area (Å²) in [5.41, 5.74) is 11.7. The number of pyridine rings is 1. The van der Waals surface area contributed by atoms with Crippen LogP contribution >= 0.6 is 0 Å². The summed E-state index contributed by atoms with van der Waals surface area (Å²) in [6.45, 7) is 0.817.